The lowest BCUT2D eigenvalue weighted by molar-refractivity contribution is 0.171. The highest BCUT2D eigenvalue weighted by atomic mass is 32.2. The monoisotopic (exact) mass is 235 g/mol. The van der Waals surface area contributed by atoms with Crippen molar-refractivity contribution in [1.29, 1.82) is 0 Å². The zero-order chi connectivity index (χ0) is 11.4. The highest BCUT2D eigenvalue weighted by Crippen LogP contribution is 2.48. The van der Waals surface area contributed by atoms with E-state index in [4.69, 9.17) is 4.74 Å². The van der Waals surface area contributed by atoms with Crippen LogP contribution in [-0.2, 0) is 14.6 Å². The van der Waals surface area contributed by atoms with Gasteiger partial charge in [-0.3, -0.25) is 0 Å². The smallest absolute Gasteiger partial charge is 0.148 e. The first-order valence-electron chi connectivity index (χ1n) is 5.35. The first-order valence-corrected chi connectivity index (χ1v) is 7.41. The van der Waals surface area contributed by atoms with Crippen molar-refractivity contribution in [2.24, 2.45) is 5.41 Å². The van der Waals surface area contributed by atoms with E-state index in [1.54, 1.807) is 7.11 Å². The van der Waals surface area contributed by atoms with Crippen LogP contribution < -0.4 is 5.32 Å². The number of rotatable bonds is 8. The summed E-state index contributed by atoms with van der Waals surface area (Å²) < 4.78 is 26.8. The average Bonchev–Trinajstić information content (AvgIpc) is 2.89. The Morgan fingerprint density at radius 2 is 2.07 bits per heavy atom. The summed E-state index contributed by atoms with van der Waals surface area (Å²) in [6.45, 7) is 2.28. The van der Waals surface area contributed by atoms with Crippen LogP contribution in [0.15, 0.2) is 0 Å². The minimum Gasteiger partial charge on any atom is -0.385 e. The quantitative estimate of drug-likeness (QED) is 0.620. The summed E-state index contributed by atoms with van der Waals surface area (Å²) in [4.78, 5) is 0. The van der Waals surface area contributed by atoms with Gasteiger partial charge >= 0.3 is 0 Å². The molecule has 0 spiro atoms. The maximum Gasteiger partial charge on any atom is 0.148 e. The maximum absolute atomic E-state index is 10.9. The summed E-state index contributed by atoms with van der Waals surface area (Å²) in [6, 6.07) is 0. The van der Waals surface area contributed by atoms with Crippen LogP contribution in [0.4, 0.5) is 0 Å². The molecule has 1 fully saturated rings. The van der Waals surface area contributed by atoms with Crippen molar-refractivity contribution in [3.8, 4) is 0 Å². The SMILES string of the molecule is COCCC1(CNCCS(C)(=O)=O)CC1. The highest BCUT2D eigenvalue weighted by Gasteiger charge is 2.41. The van der Waals surface area contributed by atoms with Gasteiger partial charge in [0.05, 0.1) is 5.75 Å². The fourth-order valence-electron chi connectivity index (χ4n) is 1.62. The first kappa shape index (κ1) is 12.9. The van der Waals surface area contributed by atoms with E-state index in [9.17, 15) is 8.42 Å². The van der Waals surface area contributed by atoms with Gasteiger partial charge < -0.3 is 10.1 Å². The molecule has 0 saturated heterocycles. The van der Waals surface area contributed by atoms with Crippen LogP contribution >= 0.6 is 0 Å². The Balaban J connectivity index is 2.10. The second-order valence-electron chi connectivity index (χ2n) is 4.55. The third-order valence-corrected chi connectivity index (χ3v) is 3.89. The molecule has 0 radical (unpaired) electrons. The first-order chi connectivity index (χ1) is 6.97. The van der Waals surface area contributed by atoms with Gasteiger partial charge in [0.25, 0.3) is 0 Å². The fraction of sp³-hybridized carbons (Fsp3) is 1.00. The summed E-state index contributed by atoms with van der Waals surface area (Å²) in [6.07, 6.45) is 4.83. The van der Waals surface area contributed by atoms with E-state index in [1.807, 2.05) is 0 Å². The number of hydrogen-bond acceptors (Lipinski definition) is 4. The molecule has 1 aliphatic carbocycles. The van der Waals surface area contributed by atoms with Gasteiger partial charge in [-0.15, -0.1) is 0 Å². The standard InChI is InChI=1S/C10H21NO3S/c1-14-7-5-10(3-4-10)9-11-6-8-15(2,12)13/h11H,3-9H2,1-2H3. The van der Waals surface area contributed by atoms with E-state index in [0.717, 1.165) is 19.6 Å². The summed E-state index contributed by atoms with van der Waals surface area (Å²) in [7, 11) is -1.11. The zero-order valence-electron chi connectivity index (χ0n) is 9.58. The van der Waals surface area contributed by atoms with Gasteiger partial charge in [0, 0.05) is 33.1 Å². The highest BCUT2D eigenvalue weighted by molar-refractivity contribution is 7.90. The van der Waals surface area contributed by atoms with Gasteiger partial charge in [0.1, 0.15) is 9.84 Å². The molecular formula is C10H21NO3S. The molecule has 0 aromatic rings. The van der Waals surface area contributed by atoms with Crippen LogP contribution in [0.25, 0.3) is 0 Å². The van der Waals surface area contributed by atoms with E-state index in [2.05, 4.69) is 5.32 Å². The summed E-state index contributed by atoms with van der Waals surface area (Å²) in [5.41, 5.74) is 0.396. The predicted molar refractivity (Wildman–Crippen MR) is 60.7 cm³/mol. The molecule has 0 bridgehead atoms. The van der Waals surface area contributed by atoms with Crippen molar-refractivity contribution in [3.63, 3.8) is 0 Å². The molecule has 0 aromatic heterocycles. The van der Waals surface area contributed by atoms with Gasteiger partial charge in [0.15, 0.2) is 0 Å². The fourth-order valence-corrected chi connectivity index (χ4v) is 2.14. The van der Waals surface area contributed by atoms with Crippen molar-refractivity contribution in [1.82, 2.24) is 5.32 Å². The molecule has 15 heavy (non-hydrogen) atoms. The third kappa shape index (κ3) is 5.49. The molecule has 1 N–H and O–H groups in total. The molecule has 0 heterocycles. The Morgan fingerprint density at radius 1 is 1.40 bits per heavy atom. The number of methoxy groups -OCH3 is 1. The van der Waals surface area contributed by atoms with E-state index >= 15 is 0 Å². The second-order valence-corrected chi connectivity index (χ2v) is 6.81. The Labute approximate surface area is 92.3 Å². The number of nitrogens with one attached hydrogen (secondary N) is 1. The van der Waals surface area contributed by atoms with Gasteiger partial charge in [-0.2, -0.15) is 0 Å². The minimum atomic E-state index is -2.83. The van der Waals surface area contributed by atoms with Gasteiger partial charge in [-0.1, -0.05) is 0 Å². The molecule has 4 nitrogen and oxygen atoms in total. The molecule has 5 heteroatoms. The third-order valence-electron chi connectivity index (χ3n) is 2.94. The molecule has 90 valence electrons. The average molecular weight is 235 g/mol. The summed E-state index contributed by atoms with van der Waals surface area (Å²) in [5, 5.41) is 3.22. The topological polar surface area (TPSA) is 55.4 Å². The van der Waals surface area contributed by atoms with Crippen molar-refractivity contribution in [3.05, 3.63) is 0 Å². The number of sulfone groups is 1. The van der Waals surface area contributed by atoms with Crippen molar-refractivity contribution < 1.29 is 13.2 Å². The molecule has 0 amide bonds. The Morgan fingerprint density at radius 3 is 2.53 bits per heavy atom. The van der Waals surface area contributed by atoms with Gasteiger partial charge in [-0.25, -0.2) is 8.42 Å². The molecule has 1 rings (SSSR count). The van der Waals surface area contributed by atoms with Crippen LogP contribution in [0.1, 0.15) is 19.3 Å². The number of ether oxygens (including phenoxy) is 1. The summed E-state index contributed by atoms with van der Waals surface area (Å²) >= 11 is 0. The van der Waals surface area contributed by atoms with Crippen LogP contribution in [0, 0.1) is 5.41 Å². The van der Waals surface area contributed by atoms with E-state index < -0.39 is 9.84 Å². The Bertz CT molecular complexity index is 283. The van der Waals surface area contributed by atoms with E-state index in [0.29, 0.717) is 12.0 Å². The van der Waals surface area contributed by atoms with Gasteiger partial charge in [-0.05, 0) is 24.7 Å². The van der Waals surface area contributed by atoms with E-state index in [1.165, 1.54) is 19.1 Å². The second kappa shape index (κ2) is 5.27. The largest absolute Gasteiger partial charge is 0.385 e. The lowest BCUT2D eigenvalue weighted by atomic mass is 10.0. The minimum absolute atomic E-state index is 0.230. The van der Waals surface area contributed by atoms with Crippen LogP contribution in [-0.4, -0.2) is 47.2 Å². The van der Waals surface area contributed by atoms with Crippen molar-refractivity contribution in [2.45, 2.75) is 19.3 Å². The Hall–Kier alpha value is -0.130. The predicted octanol–water partition coefficient (Wildman–Crippen LogP) is 0.437. The van der Waals surface area contributed by atoms with Crippen molar-refractivity contribution >= 4 is 9.84 Å². The van der Waals surface area contributed by atoms with Crippen molar-refractivity contribution in [2.75, 3.05) is 38.8 Å². The molecule has 1 saturated carbocycles. The van der Waals surface area contributed by atoms with Crippen LogP contribution in [0.5, 0.6) is 0 Å². The maximum atomic E-state index is 10.9. The molecule has 1 aliphatic rings. The molecular weight excluding hydrogens is 214 g/mol. The molecule has 0 aliphatic heterocycles. The van der Waals surface area contributed by atoms with Gasteiger partial charge in [0.2, 0.25) is 0 Å². The van der Waals surface area contributed by atoms with E-state index in [-0.39, 0.29) is 5.75 Å². The molecule has 0 aromatic carbocycles. The Kier molecular flexibility index (Phi) is 4.55. The molecule has 0 atom stereocenters. The molecule has 0 unspecified atom stereocenters. The lowest BCUT2D eigenvalue weighted by Crippen LogP contribution is -2.29. The zero-order valence-corrected chi connectivity index (χ0v) is 10.4. The van der Waals surface area contributed by atoms with Crippen LogP contribution in [0.3, 0.4) is 0 Å². The summed E-state index contributed by atoms with van der Waals surface area (Å²) in [5.74, 6) is 0.230. The normalized spacial score (nSPS) is 19.1. The lowest BCUT2D eigenvalue weighted by Gasteiger charge is -2.15. The number of hydrogen-bond donors (Lipinski definition) is 1. The van der Waals surface area contributed by atoms with Crippen LogP contribution in [0.2, 0.25) is 0 Å².